The van der Waals surface area contributed by atoms with Crippen LogP contribution in [0, 0.1) is 0 Å². The summed E-state index contributed by atoms with van der Waals surface area (Å²) in [5.41, 5.74) is -0.148. The summed E-state index contributed by atoms with van der Waals surface area (Å²) in [6.07, 6.45) is 0.868. The molecule has 0 radical (unpaired) electrons. The first-order valence-electron chi connectivity index (χ1n) is 7.53. The Labute approximate surface area is 168 Å². The Bertz CT molecular complexity index is 901. The zero-order chi connectivity index (χ0) is 20.9. The number of amides is 3. The maximum atomic E-state index is 12.5. The number of alkyl halides is 1. The number of aromatic nitrogens is 1. The van der Waals surface area contributed by atoms with Crippen molar-refractivity contribution in [3.05, 3.63) is 11.1 Å². The van der Waals surface area contributed by atoms with E-state index in [9.17, 15) is 22.8 Å². The van der Waals surface area contributed by atoms with Crippen molar-refractivity contribution in [2.75, 3.05) is 31.2 Å². The van der Waals surface area contributed by atoms with Crippen molar-refractivity contribution in [3.63, 3.8) is 0 Å². The molecule has 154 valence electrons. The van der Waals surface area contributed by atoms with Gasteiger partial charge in [0, 0.05) is 5.38 Å². The zero-order valence-electron chi connectivity index (χ0n) is 14.6. The molecule has 12 nitrogen and oxygen atoms in total. The molecule has 1 fully saturated rings. The van der Waals surface area contributed by atoms with Crippen molar-refractivity contribution in [3.8, 4) is 0 Å². The summed E-state index contributed by atoms with van der Waals surface area (Å²) in [5, 5.41) is 12.5. The average molecular weight is 454 g/mol. The van der Waals surface area contributed by atoms with Crippen molar-refractivity contribution in [2.45, 2.75) is 12.1 Å². The van der Waals surface area contributed by atoms with Gasteiger partial charge in [0.15, 0.2) is 10.8 Å². The van der Waals surface area contributed by atoms with Crippen LogP contribution in [-0.4, -0.2) is 74.8 Å². The monoisotopic (exact) mass is 453 g/mol. The molecule has 1 aliphatic heterocycles. The second-order valence-corrected chi connectivity index (χ2v) is 8.17. The SMILES string of the molecule is CO/N=C(\C(=O)NC1C(=O)NC1COS(C)(=O)=O)c1csc(NC(=O)CCl)n1. The number of rotatable bonds is 9. The Hall–Kier alpha value is -2.29. The number of anilines is 1. The number of halogens is 1. The molecule has 0 saturated carbocycles. The van der Waals surface area contributed by atoms with Crippen LogP contribution in [0.15, 0.2) is 10.5 Å². The summed E-state index contributed by atoms with van der Waals surface area (Å²) in [6, 6.07) is -1.76. The predicted octanol–water partition coefficient (Wildman–Crippen LogP) is -1.37. The number of nitrogens with zero attached hydrogens (tertiary/aromatic N) is 2. The quantitative estimate of drug-likeness (QED) is 0.135. The fourth-order valence-electron chi connectivity index (χ4n) is 2.04. The van der Waals surface area contributed by atoms with Gasteiger partial charge in [0.2, 0.25) is 11.8 Å². The predicted molar refractivity (Wildman–Crippen MR) is 99.7 cm³/mol. The number of nitrogens with one attached hydrogen (secondary N) is 3. The molecule has 2 rings (SSSR count). The highest BCUT2D eigenvalue weighted by Crippen LogP contribution is 2.17. The van der Waals surface area contributed by atoms with E-state index in [-0.39, 0.29) is 29.0 Å². The van der Waals surface area contributed by atoms with E-state index in [2.05, 4.69) is 35.1 Å². The number of oxime groups is 1. The molecular formula is C13H16ClN5O7S2. The van der Waals surface area contributed by atoms with Crippen molar-refractivity contribution < 1.29 is 31.8 Å². The van der Waals surface area contributed by atoms with Gasteiger partial charge in [0.1, 0.15) is 24.7 Å². The normalized spacial score (nSPS) is 19.4. The molecule has 3 N–H and O–H groups in total. The van der Waals surface area contributed by atoms with Crippen LogP contribution >= 0.6 is 22.9 Å². The number of carbonyl (C=O) groups excluding carboxylic acids is 3. The van der Waals surface area contributed by atoms with Gasteiger partial charge in [-0.25, -0.2) is 4.98 Å². The van der Waals surface area contributed by atoms with Crippen molar-refractivity contribution >= 4 is 61.6 Å². The lowest BCUT2D eigenvalue weighted by Crippen LogP contribution is -2.71. The molecule has 3 amide bonds. The molecular weight excluding hydrogens is 438 g/mol. The number of hydrogen-bond acceptors (Lipinski definition) is 10. The molecule has 2 unspecified atom stereocenters. The molecule has 1 saturated heterocycles. The summed E-state index contributed by atoms with van der Waals surface area (Å²) in [7, 11) is -2.49. The Morgan fingerprint density at radius 2 is 2.18 bits per heavy atom. The number of carbonyl (C=O) groups is 3. The molecule has 1 aromatic heterocycles. The minimum absolute atomic E-state index is 0.0953. The fraction of sp³-hybridized carbons (Fsp3) is 0.462. The van der Waals surface area contributed by atoms with Crippen LogP contribution < -0.4 is 16.0 Å². The van der Waals surface area contributed by atoms with E-state index in [1.807, 2.05) is 0 Å². The molecule has 0 spiro atoms. The van der Waals surface area contributed by atoms with Gasteiger partial charge in [0.05, 0.1) is 18.9 Å². The molecule has 0 bridgehead atoms. The summed E-state index contributed by atoms with van der Waals surface area (Å²) in [6.45, 7) is -0.336. The Morgan fingerprint density at radius 3 is 2.75 bits per heavy atom. The van der Waals surface area contributed by atoms with Crippen LogP contribution in [0.5, 0.6) is 0 Å². The van der Waals surface area contributed by atoms with Gasteiger partial charge in [0.25, 0.3) is 16.0 Å². The fourth-order valence-corrected chi connectivity index (χ4v) is 3.21. The maximum absolute atomic E-state index is 12.5. The molecule has 2 heterocycles. The van der Waals surface area contributed by atoms with E-state index in [0.29, 0.717) is 0 Å². The number of hydrogen-bond donors (Lipinski definition) is 3. The van der Waals surface area contributed by atoms with Gasteiger partial charge in [-0.2, -0.15) is 8.42 Å². The largest absolute Gasteiger partial charge is 0.398 e. The molecule has 15 heteroatoms. The standard InChI is InChI=1S/C13H16ClN5O7S2/c1-25-19-10(7-5-27-13(16-7)17-8(20)3-14)12(22)18-9-6(15-11(9)21)4-26-28(2,23)24/h5-6,9H,3-4H2,1-2H3,(H,15,21)(H,18,22)(H,16,17,20)/b19-10-. The Kier molecular flexibility index (Phi) is 7.29. The topological polar surface area (TPSA) is 165 Å². The summed E-state index contributed by atoms with van der Waals surface area (Å²) < 4.78 is 26.8. The first-order valence-corrected chi connectivity index (χ1v) is 10.8. The third-order valence-corrected chi connectivity index (χ3v) is 4.84. The molecule has 28 heavy (non-hydrogen) atoms. The summed E-state index contributed by atoms with van der Waals surface area (Å²) in [4.78, 5) is 44.2. The molecule has 1 aromatic rings. The highest BCUT2D eigenvalue weighted by Gasteiger charge is 2.42. The van der Waals surface area contributed by atoms with E-state index in [1.165, 1.54) is 12.5 Å². The van der Waals surface area contributed by atoms with Gasteiger partial charge in [-0.15, -0.1) is 22.9 Å². The van der Waals surface area contributed by atoms with Gasteiger partial charge < -0.3 is 20.8 Å². The second-order valence-electron chi connectivity index (χ2n) is 5.40. The summed E-state index contributed by atoms with van der Waals surface area (Å²) >= 11 is 6.43. The van der Waals surface area contributed by atoms with Crippen LogP contribution in [0.3, 0.4) is 0 Å². The highest BCUT2D eigenvalue weighted by molar-refractivity contribution is 7.85. The number of thiazole rings is 1. The molecule has 0 aliphatic carbocycles. The highest BCUT2D eigenvalue weighted by atomic mass is 35.5. The lowest BCUT2D eigenvalue weighted by Gasteiger charge is -2.36. The van der Waals surface area contributed by atoms with Gasteiger partial charge in [-0.05, 0) is 0 Å². The van der Waals surface area contributed by atoms with Crippen molar-refractivity contribution in [2.24, 2.45) is 5.16 Å². The van der Waals surface area contributed by atoms with E-state index in [4.69, 9.17) is 11.6 Å². The van der Waals surface area contributed by atoms with Crippen LogP contribution in [0.2, 0.25) is 0 Å². The third-order valence-electron chi connectivity index (χ3n) is 3.27. The van der Waals surface area contributed by atoms with E-state index in [0.717, 1.165) is 17.6 Å². The van der Waals surface area contributed by atoms with E-state index >= 15 is 0 Å². The average Bonchev–Trinajstić information content (AvgIpc) is 3.07. The zero-order valence-corrected chi connectivity index (χ0v) is 17.0. The van der Waals surface area contributed by atoms with Gasteiger partial charge >= 0.3 is 0 Å². The maximum Gasteiger partial charge on any atom is 0.276 e. The first-order chi connectivity index (χ1) is 13.1. The smallest absolute Gasteiger partial charge is 0.276 e. The minimum atomic E-state index is -3.70. The lowest BCUT2D eigenvalue weighted by atomic mass is 9.99. The van der Waals surface area contributed by atoms with Crippen molar-refractivity contribution in [1.29, 1.82) is 0 Å². The minimum Gasteiger partial charge on any atom is -0.398 e. The Morgan fingerprint density at radius 1 is 1.46 bits per heavy atom. The lowest BCUT2D eigenvalue weighted by molar-refractivity contribution is -0.135. The van der Waals surface area contributed by atoms with Crippen LogP contribution in [-0.2, 0) is 33.5 Å². The van der Waals surface area contributed by atoms with E-state index < -0.39 is 39.9 Å². The molecule has 1 aliphatic rings. The number of β-lactam (4-membered cyclic amide) rings is 1. The van der Waals surface area contributed by atoms with E-state index in [1.54, 1.807) is 0 Å². The van der Waals surface area contributed by atoms with Crippen LogP contribution in [0.4, 0.5) is 5.13 Å². The summed E-state index contributed by atoms with van der Waals surface area (Å²) in [5.74, 6) is -2.04. The van der Waals surface area contributed by atoms with Gasteiger partial charge in [-0.3, -0.25) is 18.6 Å². The first kappa shape index (κ1) is 22.0. The van der Waals surface area contributed by atoms with Crippen LogP contribution in [0.1, 0.15) is 5.69 Å². The third kappa shape index (κ3) is 5.85. The van der Waals surface area contributed by atoms with Gasteiger partial charge in [-0.1, -0.05) is 5.16 Å². The Balaban J connectivity index is 2.08. The van der Waals surface area contributed by atoms with Crippen LogP contribution in [0.25, 0.3) is 0 Å². The molecule has 0 aromatic carbocycles. The molecule has 2 atom stereocenters. The second kappa shape index (κ2) is 9.27. The van der Waals surface area contributed by atoms with Crippen molar-refractivity contribution in [1.82, 2.24) is 15.6 Å².